The van der Waals surface area contributed by atoms with E-state index in [1.807, 2.05) is 25.1 Å². The Bertz CT molecular complexity index is 1020. The summed E-state index contributed by atoms with van der Waals surface area (Å²) in [6.45, 7) is 3.69. The summed E-state index contributed by atoms with van der Waals surface area (Å²) < 4.78 is 46.2. The minimum atomic E-state index is -4.66. The van der Waals surface area contributed by atoms with Gasteiger partial charge in [0.2, 0.25) is 0 Å². The molecule has 0 amide bonds. The Labute approximate surface area is 184 Å². The van der Waals surface area contributed by atoms with E-state index in [2.05, 4.69) is 38.3 Å². The van der Waals surface area contributed by atoms with Gasteiger partial charge in [0, 0.05) is 24.2 Å². The molecule has 2 atom stereocenters. The first-order valence-corrected chi connectivity index (χ1v) is 10.6. The third kappa shape index (κ3) is 4.91. The Hall–Kier alpha value is -2.98. The number of aromatic nitrogens is 4. The van der Waals surface area contributed by atoms with Crippen molar-refractivity contribution in [3.05, 3.63) is 65.5 Å². The fourth-order valence-corrected chi connectivity index (χ4v) is 4.03. The van der Waals surface area contributed by atoms with Gasteiger partial charge in [-0.25, -0.2) is 0 Å². The van der Waals surface area contributed by atoms with Gasteiger partial charge in [0.1, 0.15) is 5.75 Å². The molecule has 1 fully saturated rings. The molecule has 0 radical (unpaired) electrons. The van der Waals surface area contributed by atoms with Gasteiger partial charge in [0.25, 0.3) is 5.82 Å². The first-order chi connectivity index (χ1) is 15.5. The molecule has 0 bridgehead atoms. The lowest BCUT2D eigenvalue weighted by Crippen LogP contribution is -2.45. The number of nitrogens with zero attached hydrogens (tertiary/aromatic N) is 4. The van der Waals surface area contributed by atoms with E-state index >= 15 is 0 Å². The largest absolute Gasteiger partial charge is 0.494 e. The van der Waals surface area contributed by atoms with Crippen molar-refractivity contribution in [1.29, 1.82) is 0 Å². The van der Waals surface area contributed by atoms with E-state index in [0.29, 0.717) is 23.6 Å². The van der Waals surface area contributed by atoms with Gasteiger partial charge in [0.05, 0.1) is 12.3 Å². The smallest absolute Gasteiger partial charge is 0.453 e. The average Bonchev–Trinajstić information content (AvgIpc) is 3.30. The van der Waals surface area contributed by atoms with Crippen LogP contribution in [-0.4, -0.2) is 39.4 Å². The van der Waals surface area contributed by atoms with Crippen molar-refractivity contribution >= 4 is 0 Å². The van der Waals surface area contributed by atoms with Crippen molar-refractivity contribution in [2.45, 2.75) is 44.6 Å². The van der Waals surface area contributed by atoms with E-state index in [9.17, 15) is 13.2 Å². The molecule has 170 valence electrons. The van der Waals surface area contributed by atoms with E-state index in [-0.39, 0.29) is 17.8 Å². The van der Waals surface area contributed by atoms with E-state index in [1.54, 1.807) is 12.1 Å². The maximum atomic E-state index is 13.3. The van der Waals surface area contributed by atoms with Gasteiger partial charge in [-0.15, -0.1) is 5.10 Å². The van der Waals surface area contributed by atoms with Crippen molar-refractivity contribution in [3.63, 3.8) is 0 Å². The Kier molecular flexibility index (Phi) is 6.71. The number of rotatable bonds is 7. The molecule has 2 heterocycles. The molecule has 10 heteroatoms. The normalized spacial score (nSPS) is 19.1. The van der Waals surface area contributed by atoms with Gasteiger partial charge in [0.15, 0.2) is 0 Å². The Morgan fingerprint density at radius 1 is 1.19 bits per heavy atom. The number of hydrogen-bond donors (Lipinski definition) is 2. The van der Waals surface area contributed by atoms with Crippen molar-refractivity contribution < 1.29 is 17.9 Å². The van der Waals surface area contributed by atoms with Crippen molar-refractivity contribution in [2.24, 2.45) is 0 Å². The predicted octanol–water partition coefficient (Wildman–Crippen LogP) is 3.66. The van der Waals surface area contributed by atoms with Crippen LogP contribution in [0.3, 0.4) is 0 Å². The quantitative estimate of drug-likeness (QED) is 0.577. The number of nitrogens with one attached hydrogen (secondary N) is 2. The second-order valence-corrected chi connectivity index (χ2v) is 7.61. The van der Waals surface area contributed by atoms with Crippen molar-refractivity contribution in [2.75, 3.05) is 13.2 Å². The van der Waals surface area contributed by atoms with Crippen LogP contribution in [-0.2, 0) is 12.7 Å². The van der Waals surface area contributed by atoms with Crippen LogP contribution in [0.4, 0.5) is 13.2 Å². The van der Waals surface area contributed by atoms with Crippen LogP contribution in [0.2, 0.25) is 0 Å². The molecule has 1 aliphatic rings. The summed E-state index contributed by atoms with van der Waals surface area (Å²) in [6, 6.07) is 15.4. The number of alkyl halides is 3. The zero-order valence-electron chi connectivity index (χ0n) is 17.6. The first-order valence-electron chi connectivity index (χ1n) is 10.6. The molecule has 0 spiro atoms. The predicted molar refractivity (Wildman–Crippen MR) is 112 cm³/mol. The summed E-state index contributed by atoms with van der Waals surface area (Å²) in [6.07, 6.45) is -2.63. The minimum absolute atomic E-state index is 0.153. The molecular formula is C22H25F3N6O. The standard InChI is InChI=1S/C22H25F3N6O/c1-2-32-19-11-10-17(31-21(22(23,24)25)28-29-30-31)13-16(19)14-27-18-9-6-12-26-20(18)15-7-4-3-5-8-15/h3-5,7-8,10-11,13,18,20,26-27H,2,6,9,12,14H2,1H3/t18-,20-/m0/s1. The number of hydrogen-bond acceptors (Lipinski definition) is 6. The highest BCUT2D eigenvalue weighted by Gasteiger charge is 2.38. The van der Waals surface area contributed by atoms with Crippen LogP contribution < -0.4 is 15.4 Å². The number of piperidine rings is 1. The SMILES string of the molecule is CCOc1ccc(-n2nnnc2C(F)(F)F)cc1CN[C@H]1CCCN[C@H]1c1ccccc1. The van der Waals surface area contributed by atoms with Crippen LogP contribution >= 0.6 is 0 Å². The third-order valence-corrected chi connectivity index (χ3v) is 5.48. The molecular weight excluding hydrogens is 421 g/mol. The van der Waals surface area contributed by atoms with Crippen LogP contribution in [0.15, 0.2) is 48.5 Å². The molecule has 0 unspecified atom stereocenters. The lowest BCUT2D eigenvalue weighted by molar-refractivity contribution is -0.146. The third-order valence-electron chi connectivity index (χ3n) is 5.48. The summed E-state index contributed by atoms with van der Waals surface area (Å²) in [7, 11) is 0. The topological polar surface area (TPSA) is 76.9 Å². The van der Waals surface area contributed by atoms with Crippen molar-refractivity contribution in [3.8, 4) is 11.4 Å². The molecule has 2 N–H and O–H groups in total. The maximum Gasteiger partial charge on any atom is 0.453 e. The minimum Gasteiger partial charge on any atom is -0.494 e. The lowest BCUT2D eigenvalue weighted by atomic mass is 9.92. The Morgan fingerprint density at radius 2 is 2.00 bits per heavy atom. The zero-order chi connectivity index (χ0) is 22.6. The molecule has 0 aliphatic carbocycles. The maximum absolute atomic E-state index is 13.3. The number of tetrazole rings is 1. The van der Waals surface area contributed by atoms with Gasteiger partial charge < -0.3 is 15.4 Å². The fraction of sp³-hybridized carbons (Fsp3) is 0.409. The Morgan fingerprint density at radius 3 is 2.75 bits per heavy atom. The van der Waals surface area contributed by atoms with Gasteiger partial charge in [-0.1, -0.05) is 30.3 Å². The van der Waals surface area contributed by atoms with Gasteiger partial charge in [-0.3, -0.25) is 0 Å². The van der Waals surface area contributed by atoms with Gasteiger partial charge in [-0.2, -0.15) is 17.9 Å². The molecule has 7 nitrogen and oxygen atoms in total. The van der Waals surface area contributed by atoms with Gasteiger partial charge in [-0.05, 0) is 60.5 Å². The molecule has 4 rings (SSSR count). The van der Waals surface area contributed by atoms with Crippen LogP contribution in [0, 0.1) is 0 Å². The van der Waals surface area contributed by atoms with Gasteiger partial charge >= 0.3 is 6.18 Å². The lowest BCUT2D eigenvalue weighted by Gasteiger charge is -2.34. The fourth-order valence-electron chi connectivity index (χ4n) is 4.03. The highest BCUT2D eigenvalue weighted by Crippen LogP contribution is 2.30. The molecule has 2 aromatic carbocycles. The first kappa shape index (κ1) is 22.2. The molecule has 32 heavy (non-hydrogen) atoms. The number of ether oxygens (including phenoxy) is 1. The number of benzene rings is 2. The monoisotopic (exact) mass is 446 g/mol. The molecule has 1 saturated heterocycles. The second-order valence-electron chi connectivity index (χ2n) is 7.61. The summed E-state index contributed by atoms with van der Waals surface area (Å²) in [5, 5.41) is 17.0. The molecule has 1 aromatic heterocycles. The zero-order valence-corrected chi connectivity index (χ0v) is 17.6. The summed E-state index contributed by atoms with van der Waals surface area (Å²) in [5.74, 6) is -0.549. The Balaban J connectivity index is 1.58. The highest BCUT2D eigenvalue weighted by molar-refractivity contribution is 5.44. The highest BCUT2D eigenvalue weighted by atomic mass is 19.4. The van der Waals surface area contributed by atoms with Crippen LogP contribution in [0.5, 0.6) is 5.75 Å². The van der Waals surface area contributed by atoms with Crippen LogP contribution in [0.1, 0.15) is 42.8 Å². The average molecular weight is 446 g/mol. The molecule has 1 aliphatic heterocycles. The van der Waals surface area contributed by atoms with E-state index in [1.165, 1.54) is 11.6 Å². The van der Waals surface area contributed by atoms with E-state index in [4.69, 9.17) is 4.74 Å². The summed E-state index contributed by atoms with van der Waals surface area (Å²) in [5.41, 5.74) is 2.17. The molecule has 3 aromatic rings. The molecule has 0 saturated carbocycles. The second kappa shape index (κ2) is 9.66. The number of halogens is 3. The van der Waals surface area contributed by atoms with Crippen molar-refractivity contribution in [1.82, 2.24) is 30.8 Å². The summed E-state index contributed by atoms with van der Waals surface area (Å²) in [4.78, 5) is 0. The van der Waals surface area contributed by atoms with E-state index in [0.717, 1.165) is 24.9 Å². The van der Waals surface area contributed by atoms with Crippen LogP contribution in [0.25, 0.3) is 5.69 Å². The summed E-state index contributed by atoms with van der Waals surface area (Å²) >= 11 is 0. The van der Waals surface area contributed by atoms with E-state index < -0.39 is 12.0 Å².